The molecule has 1 unspecified atom stereocenters. The van der Waals surface area contributed by atoms with E-state index in [9.17, 15) is 9.90 Å². The third-order valence-corrected chi connectivity index (χ3v) is 6.94. The number of rotatable bonds is 12. The fourth-order valence-electron chi connectivity index (χ4n) is 4.87. The number of nitrogens with zero attached hydrogens (tertiary/aromatic N) is 3. The molecule has 1 aliphatic rings. The molecule has 1 heterocycles. The molecule has 30 heavy (non-hydrogen) atoms. The van der Waals surface area contributed by atoms with Crippen molar-refractivity contribution in [1.82, 2.24) is 15.0 Å². The summed E-state index contributed by atoms with van der Waals surface area (Å²) in [6, 6.07) is 0. The molecule has 0 saturated heterocycles. The van der Waals surface area contributed by atoms with Crippen LogP contribution in [0.2, 0.25) is 0 Å². The summed E-state index contributed by atoms with van der Waals surface area (Å²) in [5, 5.41) is 15.4. The van der Waals surface area contributed by atoms with Gasteiger partial charge in [-0.25, -0.2) is 0 Å². The molecular formula is C23H40N3O4-. The molecular weight excluding hydrogens is 382 g/mol. The van der Waals surface area contributed by atoms with Crippen LogP contribution in [0.1, 0.15) is 96.2 Å². The lowest BCUT2D eigenvalue weighted by atomic mass is 9.57. The molecule has 1 aromatic heterocycles. The lowest BCUT2D eigenvalue weighted by Crippen LogP contribution is -2.37. The van der Waals surface area contributed by atoms with E-state index < -0.39 is 5.97 Å². The van der Waals surface area contributed by atoms with Crippen molar-refractivity contribution in [2.75, 3.05) is 27.3 Å². The van der Waals surface area contributed by atoms with E-state index in [1.54, 1.807) is 7.11 Å². The van der Waals surface area contributed by atoms with E-state index in [0.29, 0.717) is 30.3 Å². The van der Waals surface area contributed by atoms with Crippen LogP contribution in [0.4, 0.5) is 0 Å². The second kappa shape index (κ2) is 11.2. The molecule has 1 aliphatic carbocycles. The van der Waals surface area contributed by atoms with Crippen molar-refractivity contribution >= 4 is 5.97 Å². The van der Waals surface area contributed by atoms with E-state index in [1.165, 1.54) is 32.1 Å². The van der Waals surface area contributed by atoms with Gasteiger partial charge in [0.05, 0.1) is 13.2 Å². The van der Waals surface area contributed by atoms with Crippen molar-refractivity contribution in [3.63, 3.8) is 0 Å². The zero-order valence-corrected chi connectivity index (χ0v) is 19.5. The predicted octanol–water partition coefficient (Wildman–Crippen LogP) is 3.54. The van der Waals surface area contributed by atoms with Gasteiger partial charge >= 0.3 is 0 Å². The van der Waals surface area contributed by atoms with Crippen LogP contribution in [0.15, 0.2) is 4.52 Å². The first-order valence-electron chi connectivity index (χ1n) is 11.4. The highest BCUT2D eigenvalue weighted by Crippen LogP contribution is 2.53. The molecule has 1 saturated carbocycles. The normalized spacial score (nSPS) is 17.9. The molecule has 0 aromatic carbocycles. The maximum absolute atomic E-state index is 11.3. The number of hydrogen-bond acceptors (Lipinski definition) is 7. The molecule has 0 aliphatic heterocycles. The summed E-state index contributed by atoms with van der Waals surface area (Å²) in [4.78, 5) is 17.9. The second-order valence-electron chi connectivity index (χ2n) is 10.0. The first kappa shape index (κ1) is 24.8. The Morgan fingerprint density at radius 2 is 2.00 bits per heavy atom. The lowest BCUT2D eigenvalue weighted by Gasteiger charge is -2.48. The minimum atomic E-state index is -1.07. The van der Waals surface area contributed by atoms with Gasteiger partial charge in [-0.3, -0.25) is 4.90 Å². The Balaban J connectivity index is 2.00. The Hall–Kier alpha value is -1.47. The second-order valence-corrected chi connectivity index (χ2v) is 10.0. The molecule has 0 spiro atoms. The van der Waals surface area contributed by atoms with Crippen LogP contribution in [0.5, 0.6) is 0 Å². The Morgan fingerprint density at radius 3 is 2.60 bits per heavy atom. The van der Waals surface area contributed by atoms with Crippen LogP contribution < -0.4 is 5.11 Å². The summed E-state index contributed by atoms with van der Waals surface area (Å²) >= 11 is 0. The zero-order valence-electron chi connectivity index (χ0n) is 19.5. The number of carbonyl (C=O) groups is 1. The van der Waals surface area contributed by atoms with E-state index >= 15 is 0 Å². The average Bonchev–Trinajstić information content (AvgIpc) is 3.13. The predicted molar refractivity (Wildman–Crippen MR) is 114 cm³/mol. The van der Waals surface area contributed by atoms with Crippen molar-refractivity contribution in [3.8, 4) is 0 Å². The standard InChI is InChI=1S/C23H41N3O4/c1-22(2,3)23(11-7-6-8-12-23)13-9-10-18(16-20(27)28)21-24-19(25-30-21)17-26(4)14-15-29-5/h18H,6-17H2,1-5H3,(H,27,28)/p-1. The smallest absolute Gasteiger partial charge is 0.230 e. The number of aromatic nitrogens is 2. The van der Waals surface area contributed by atoms with Gasteiger partial charge in [-0.05, 0) is 50.0 Å². The van der Waals surface area contributed by atoms with E-state index in [4.69, 9.17) is 9.26 Å². The van der Waals surface area contributed by atoms with Gasteiger partial charge in [0.2, 0.25) is 5.89 Å². The quantitative estimate of drug-likeness (QED) is 0.509. The zero-order chi connectivity index (χ0) is 22.2. The molecule has 1 fully saturated rings. The molecule has 7 nitrogen and oxygen atoms in total. The van der Waals surface area contributed by atoms with Crippen molar-refractivity contribution in [1.29, 1.82) is 0 Å². The van der Waals surface area contributed by atoms with Crippen molar-refractivity contribution in [2.45, 2.75) is 91.0 Å². The van der Waals surface area contributed by atoms with Gasteiger partial charge < -0.3 is 19.2 Å². The number of carboxylic acids is 1. The van der Waals surface area contributed by atoms with Gasteiger partial charge in [0.25, 0.3) is 0 Å². The number of carbonyl (C=O) groups excluding carboxylic acids is 1. The summed E-state index contributed by atoms with van der Waals surface area (Å²) in [5.41, 5.74) is 0.586. The summed E-state index contributed by atoms with van der Waals surface area (Å²) < 4.78 is 10.5. The van der Waals surface area contributed by atoms with Crippen molar-refractivity contribution in [2.24, 2.45) is 10.8 Å². The highest BCUT2D eigenvalue weighted by Gasteiger charge is 2.41. The van der Waals surface area contributed by atoms with Gasteiger partial charge in [-0.1, -0.05) is 51.6 Å². The van der Waals surface area contributed by atoms with Crippen molar-refractivity contribution < 1.29 is 19.2 Å². The fourth-order valence-corrected chi connectivity index (χ4v) is 4.87. The molecule has 1 atom stereocenters. The first-order chi connectivity index (χ1) is 14.2. The summed E-state index contributed by atoms with van der Waals surface area (Å²) in [5.74, 6) is -0.366. The number of aliphatic carboxylic acids is 1. The Labute approximate surface area is 181 Å². The largest absolute Gasteiger partial charge is 0.550 e. The number of carboxylic acid groups (broad SMARTS) is 1. The first-order valence-corrected chi connectivity index (χ1v) is 11.4. The Bertz CT molecular complexity index is 647. The minimum absolute atomic E-state index is 0.0797. The molecule has 172 valence electrons. The molecule has 1 aromatic rings. The van der Waals surface area contributed by atoms with Crippen LogP contribution in [0.25, 0.3) is 0 Å². The molecule has 0 N–H and O–H groups in total. The molecule has 0 radical (unpaired) electrons. The molecule has 0 amide bonds. The topological polar surface area (TPSA) is 91.5 Å². The third kappa shape index (κ3) is 7.05. The molecule has 0 bridgehead atoms. The third-order valence-electron chi connectivity index (χ3n) is 6.94. The van der Waals surface area contributed by atoms with Gasteiger partial charge in [0, 0.05) is 25.5 Å². The summed E-state index contributed by atoms with van der Waals surface area (Å²) in [7, 11) is 3.63. The van der Waals surface area contributed by atoms with Crippen LogP contribution >= 0.6 is 0 Å². The van der Waals surface area contributed by atoms with Crippen LogP contribution in [0.3, 0.4) is 0 Å². The average molecular weight is 423 g/mol. The Kier molecular flexibility index (Phi) is 9.29. The van der Waals surface area contributed by atoms with Gasteiger partial charge in [-0.2, -0.15) is 4.98 Å². The van der Waals surface area contributed by atoms with Gasteiger partial charge in [-0.15, -0.1) is 0 Å². The summed E-state index contributed by atoms with van der Waals surface area (Å²) in [6.07, 6.45) is 9.17. The molecule has 7 heteroatoms. The van der Waals surface area contributed by atoms with Gasteiger partial charge in [0.1, 0.15) is 0 Å². The van der Waals surface area contributed by atoms with Crippen molar-refractivity contribution in [3.05, 3.63) is 11.7 Å². The van der Waals surface area contributed by atoms with E-state index in [-0.39, 0.29) is 17.8 Å². The van der Waals surface area contributed by atoms with Gasteiger partial charge in [0.15, 0.2) is 5.82 Å². The van der Waals surface area contributed by atoms with E-state index in [1.807, 2.05) is 11.9 Å². The molecule has 2 rings (SSSR count). The maximum atomic E-state index is 11.3. The van der Waals surface area contributed by atoms with Crippen LogP contribution in [-0.4, -0.2) is 48.3 Å². The van der Waals surface area contributed by atoms with Crippen LogP contribution in [0, 0.1) is 10.8 Å². The SMILES string of the molecule is COCCN(C)Cc1noc(C(CCCC2(C(C)(C)C)CCCCC2)CC(=O)[O-])n1. The minimum Gasteiger partial charge on any atom is -0.550 e. The Morgan fingerprint density at radius 1 is 1.30 bits per heavy atom. The van der Waals surface area contributed by atoms with Crippen LogP contribution in [-0.2, 0) is 16.1 Å². The number of methoxy groups -OCH3 is 1. The number of hydrogen-bond donors (Lipinski definition) is 0. The summed E-state index contributed by atoms with van der Waals surface area (Å²) in [6.45, 7) is 8.98. The fraction of sp³-hybridized carbons (Fsp3) is 0.870. The highest BCUT2D eigenvalue weighted by atomic mass is 16.5. The lowest BCUT2D eigenvalue weighted by molar-refractivity contribution is -0.306. The maximum Gasteiger partial charge on any atom is 0.230 e. The highest BCUT2D eigenvalue weighted by molar-refractivity contribution is 5.65. The number of likely N-dealkylation sites (N-methyl/N-ethyl adjacent to an activating group) is 1. The monoisotopic (exact) mass is 422 g/mol. The van der Waals surface area contributed by atoms with E-state index in [0.717, 1.165) is 25.8 Å². The van der Waals surface area contributed by atoms with E-state index in [2.05, 4.69) is 30.9 Å². The number of ether oxygens (including phenoxy) is 1.